The minimum atomic E-state index is -0.306. The molecule has 0 spiro atoms. The van der Waals surface area contributed by atoms with E-state index in [1.165, 1.54) is 23.7 Å². The number of aliphatic hydroxyl groups is 1. The third-order valence-corrected chi connectivity index (χ3v) is 5.73. The Morgan fingerprint density at radius 2 is 2.15 bits per heavy atom. The van der Waals surface area contributed by atoms with Crippen LogP contribution >= 0.6 is 11.3 Å². The Hall–Kier alpha value is -3.69. The van der Waals surface area contributed by atoms with Crippen molar-refractivity contribution in [3.05, 3.63) is 71.4 Å². The highest BCUT2D eigenvalue weighted by Crippen LogP contribution is 2.33. The van der Waals surface area contributed by atoms with E-state index in [2.05, 4.69) is 21.9 Å². The Balaban J connectivity index is 1.72. The van der Waals surface area contributed by atoms with Gasteiger partial charge in [0.25, 0.3) is 5.91 Å². The SMILES string of the molecule is C=C/N=C\C(=C/C)COc1cccc(OCc2csc3c(C(=O)NCCO)cnc(N)c23)c1. The molecule has 0 aliphatic carbocycles. The smallest absolute Gasteiger partial charge is 0.254 e. The van der Waals surface area contributed by atoms with E-state index in [0.29, 0.717) is 34.9 Å². The third kappa shape index (κ3) is 6.18. The Morgan fingerprint density at radius 1 is 1.36 bits per heavy atom. The average molecular weight is 467 g/mol. The molecule has 0 unspecified atom stereocenters. The molecule has 3 rings (SSSR count). The maximum absolute atomic E-state index is 12.4. The molecule has 0 bridgehead atoms. The molecule has 0 radical (unpaired) electrons. The first-order valence-electron chi connectivity index (χ1n) is 10.3. The van der Waals surface area contributed by atoms with E-state index in [0.717, 1.165) is 15.8 Å². The van der Waals surface area contributed by atoms with Gasteiger partial charge in [0.05, 0.1) is 16.9 Å². The summed E-state index contributed by atoms with van der Waals surface area (Å²) in [5.74, 6) is 1.33. The largest absolute Gasteiger partial charge is 0.489 e. The van der Waals surface area contributed by atoms with Crippen LogP contribution in [0.3, 0.4) is 0 Å². The monoisotopic (exact) mass is 466 g/mol. The first-order chi connectivity index (χ1) is 16.1. The summed E-state index contributed by atoms with van der Waals surface area (Å²) >= 11 is 1.40. The zero-order chi connectivity index (χ0) is 23.6. The number of nitrogens with two attached hydrogens (primary N) is 1. The number of carbonyl (C=O) groups is 1. The minimum Gasteiger partial charge on any atom is -0.489 e. The molecule has 0 fully saturated rings. The summed E-state index contributed by atoms with van der Waals surface area (Å²) in [6, 6.07) is 7.35. The summed E-state index contributed by atoms with van der Waals surface area (Å²) in [6.07, 6.45) is 6.54. The molecule has 8 nitrogen and oxygen atoms in total. The Bertz CT molecular complexity index is 1190. The second-order valence-electron chi connectivity index (χ2n) is 6.88. The van der Waals surface area contributed by atoms with E-state index in [-0.39, 0.29) is 25.7 Å². The number of rotatable bonds is 11. The first kappa shape index (κ1) is 24.0. The summed E-state index contributed by atoms with van der Waals surface area (Å²) in [6.45, 7) is 6.14. The number of benzene rings is 1. The van der Waals surface area contributed by atoms with Crippen molar-refractivity contribution in [3.63, 3.8) is 0 Å². The highest BCUT2D eigenvalue weighted by Gasteiger charge is 2.17. The fourth-order valence-corrected chi connectivity index (χ4v) is 4.06. The molecule has 33 heavy (non-hydrogen) atoms. The fourth-order valence-electron chi connectivity index (χ4n) is 2.99. The molecule has 172 valence electrons. The molecule has 0 atom stereocenters. The molecule has 1 aromatic carbocycles. The molecular formula is C24H26N4O4S. The lowest BCUT2D eigenvalue weighted by molar-refractivity contribution is 0.0946. The van der Waals surface area contributed by atoms with Crippen molar-refractivity contribution in [3.8, 4) is 11.5 Å². The van der Waals surface area contributed by atoms with Crippen molar-refractivity contribution in [2.24, 2.45) is 4.99 Å². The highest BCUT2D eigenvalue weighted by molar-refractivity contribution is 7.17. The van der Waals surface area contributed by atoms with Crippen LogP contribution in [0.4, 0.5) is 5.82 Å². The number of aromatic nitrogens is 1. The molecule has 0 saturated heterocycles. The lowest BCUT2D eigenvalue weighted by Crippen LogP contribution is -2.26. The van der Waals surface area contributed by atoms with Gasteiger partial charge in [0.1, 0.15) is 30.5 Å². The van der Waals surface area contributed by atoms with Gasteiger partial charge in [-0.15, -0.1) is 11.3 Å². The quantitative estimate of drug-likeness (QED) is 0.371. The number of anilines is 1. The van der Waals surface area contributed by atoms with Gasteiger partial charge in [-0.05, 0) is 24.4 Å². The standard InChI is InChI=1S/C24H26N4O4S/c1-3-16(11-26-4-2)13-31-18-6-5-7-19(10-18)32-14-17-15-33-22-20(24(30)27-8-9-29)12-28-23(25)21(17)22/h3-7,10-12,15,29H,2,8-9,13-14H2,1H3,(H2,25,28)(H,27,30)/b16-3+,26-11-. The van der Waals surface area contributed by atoms with E-state index in [4.69, 9.17) is 20.3 Å². The van der Waals surface area contributed by atoms with Crippen LogP contribution in [0.25, 0.3) is 10.1 Å². The Morgan fingerprint density at radius 3 is 2.88 bits per heavy atom. The van der Waals surface area contributed by atoms with Crippen molar-refractivity contribution < 1.29 is 19.4 Å². The van der Waals surface area contributed by atoms with E-state index in [1.54, 1.807) is 6.21 Å². The zero-order valence-electron chi connectivity index (χ0n) is 18.3. The normalized spacial score (nSPS) is 11.6. The van der Waals surface area contributed by atoms with E-state index in [1.807, 2.05) is 42.6 Å². The van der Waals surface area contributed by atoms with Crippen LogP contribution < -0.4 is 20.5 Å². The number of hydrogen-bond acceptors (Lipinski definition) is 8. The van der Waals surface area contributed by atoms with Crippen LogP contribution in [-0.2, 0) is 6.61 Å². The molecule has 0 aliphatic rings. The summed E-state index contributed by atoms with van der Waals surface area (Å²) in [5.41, 5.74) is 8.28. The van der Waals surface area contributed by atoms with E-state index in [9.17, 15) is 4.79 Å². The van der Waals surface area contributed by atoms with Gasteiger partial charge in [-0.2, -0.15) is 0 Å². The van der Waals surface area contributed by atoms with Crippen LogP contribution in [0.15, 0.2) is 65.3 Å². The van der Waals surface area contributed by atoms with Crippen LogP contribution in [0.1, 0.15) is 22.8 Å². The summed E-state index contributed by atoms with van der Waals surface area (Å²) in [7, 11) is 0. The number of nitrogens with one attached hydrogen (secondary N) is 1. The Labute approximate surface area is 196 Å². The number of ether oxygens (including phenoxy) is 2. The topological polar surface area (TPSA) is 119 Å². The van der Waals surface area contributed by atoms with Crippen LogP contribution in [0.2, 0.25) is 0 Å². The lowest BCUT2D eigenvalue weighted by atomic mass is 10.1. The van der Waals surface area contributed by atoms with Gasteiger partial charge in [0.2, 0.25) is 0 Å². The van der Waals surface area contributed by atoms with Gasteiger partial charge in [0.15, 0.2) is 0 Å². The summed E-state index contributed by atoms with van der Waals surface area (Å²) < 4.78 is 12.5. The number of thiophene rings is 1. The summed E-state index contributed by atoms with van der Waals surface area (Å²) in [4.78, 5) is 20.6. The number of fused-ring (bicyclic) bond motifs is 1. The molecular weight excluding hydrogens is 440 g/mol. The van der Waals surface area contributed by atoms with Gasteiger partial charge in [-0.1, -0.05) is 18.7 Å². The molecule has 0 aliphatic heterocycles. The molecule has 0 saturated carbocycles. The highest BCUT2D eigenvalue weighted by atomic mass is 32.1. The van der Waals surface area contributed by atoms with Crippen molar-refractivity contribution in [1.29, 1.82) is 0 Å². The zero-order valence-corrected chi connectivity index (χ0v) is 19.1. The van der Waals surface area contributed by atoms with Gasteiger partial charge in [-0.25, -0.2) is 4.98 Å². The molecule has 4 N–H and O–H groups in total. The van der Waals surface area contributed by atoms with Crippen molar-refractivity contribution >= 4 is 39.4 Å². The van der Waals surface area contributed by atoms with Crippen molar-refractivity contribution in [2.45, 2.75) is 13.5 Å². The van der Waals surface area contributed by atoms with Crippen molar-refractivity contribution in [2.75, 3.05) is 25.5 Å². The number of aliphatic hydroxyl groups excluding tert-OH is 1. The minimum absolute atomic E-state index is 0.137. The second kappa shape index (κ2) is 11.8. The van der Waals surface area contributed by atoms with Crippen molar-refractivity contribution in [1.82, 2.24) is 10.3 Å². The number of pyridine rings is 1. The van der Waals surface area contributed by atoms with E-state index < -0.39 is 0 Å². The molecule has 2 aromatic heterocycles. The average Bonchev–Trinajstić information content (AvgIpc) is 3.27. The molecule has 1 amide bonds. The number of carbonyl (C=O) groups excluding carboxylic acids is 1. The van der Waals surface area contributed by atoms with Crippen LogP contribution in [-0.4, -0.2) is 42.0 Å². The second-order valence-corrected chi connectivity index (χ2v) is 7.76. The number of aliphatic imine (C=N–C) groups is 1. The fraction of sp³-hybridized carbons (Fsp3) is 0.208. The summed E-state index contributed by atoms with van der Waals surface area (Å²) in [5, 5.41) is 14.2. The first-order valence-corrected chi connectivity index (χ1v) is 11.1. The number of amides is 1. The van der Waals surface area contributed by atoms with Crippen LogP contribution in [0.5, 0.6) is 11.5 Å². The van der Waals surface area contributed by atoms with Gasteiger partial charge in [0, 0.05) is 47.7 Å². The number of hydrogen-bond donors (Lipinski definition) is 3. The maximum atomic E-state index is 12.4. The maximum Gasteiger partial charge on any atom is 0.254 e. The molecule has 2 heterocycles. The molecule has 3 aromatic rings. The van der Waals surface area contributed by atoms with Gasteiger partial charge < -0.3 is 25.6 Å². The van der Waals surface area contributed by atoms with Gasteiger partial charge in [-0.3, -0.25) is 9.79 Å². The third-order valence-electron chi connectivity index (χ3n) is 4.66. The lowest BCUT2D eigenvalue weighted by Gasteiger charge is -2.10. The number of allylic oxidation sites excluding steroid dienone is 1. The Kier molecular flexibility index (Phi) is 8.56. The van der Waals surface area contributed by atoms with Crippen LogP contribution in [0, 0.1) is 0 Å². The predicted molar refractivity (Wildman–Crippen MR) is 132 cm³/mol. The van der Waals surface area contributed by atoms with E-state index >= 15 is 0 Å². The molecule has 9 heteroatoms. The number of nitrogen functional groups attached to an aromatic ring is 1. The number of nitrogens with zero attached hydrogens (tertiary/aromatic N) is 2. The van der Waals surface area contributed by atoms with Gasteiger partial charge >= 0.3 is 0 Å². The predicted octanol–water partition coefficient (Wildman–Crippen LogP) is 3.72.